The number of unbranched alkanes of at least 4 members (excludes halogenated alkanes) is 3. The molecule has 3 aliphatic rings. The Morgan fingerprint density at radius 3 is 1.05 bits per heavy atom. The molecule has 92 heavy (non-hydrogen) atoms. The minimum Gasteiger partial charge on any atom is -0.394 e. The van der Waals surface area contributed by atoms with Gasteiger partial charge in [-0.1, -0.05) is 13.8 Å². The van der Waals surface area contributed by atoms with Gasteiger partial charge in [0.25, 0.3) is 0 Å². The van der Waals surface area contributed by atoms with Crippen LogP contribution in [0, 0.1) is 17.3 Å². The predicted molar refractivity (Wildman–Crippen MR) is 339 cm³/mol. The lowest BCUT2D eigenvalue weighted by Gasteiger charge is -2.42. The van der Waals surface area contributed by atoms with Crippen LogP contribution < -0.4 is 5.32 Å². The molecule has 0 spiro atoms. The number of carbonyl (C=O) groups excluding carboxylic acids is 1. The molecule has 3 saturated heterocycles. The first-order chi connectivity index (χ1) is 43.6. The molecular formula is C51H101NO32P4S4. The highest BCUT2D eigenvalue weighted by Gasteiger charge is 2.46. The zero-order chi connectivity index (χ0) is 68.4. The molecule has 20 atom stereocenters. The summed E-state index contributed by atoms with van der Waals surface area (Å²) < 4.78 is 102. The third kappa shape index (κ3) is 34.0. The zero-order valence-electron chi connectivity index (χ0n) is 52.4. The second kappa shape index (κ2) is 46.4. The molecule has 0 aromatic rings. The van der Waals surface area contributed by atoms with Gasteiger partial charge in [0, 0.05) is 65.5 Å². The molecule has 0 aliphatic carbocycles. The molecule has 3 heterocycles. The van der Waals surface area contributed by atoms with E-state index in [2.05, 4.69) is 5.32 Å². The van der Waals surface area contributed by atoms with Crippen molar-refractivity contribution >= 4 is 80.0 Å². The van der Waals surface area contributed by atoms with Crippen molar-refractivity contribution in [1.29, 1.82) is 0 Å². The largest absolute Gasteiger partial charge is 0.394 e. The van der Waals surface area contributed by atoms with Crippen molar-refractivity contribution in [1.82, 2.24) is 5.32 Å². The molecule has 41 heteroatoms. The molecule has 14 N–H and O–H groups in total. The summed E-state index contributed by atoms with van der Waals surface area (Å²) in [5.41, 5.74) is -1.05. The van der Waals surface area contributed by atoms with Gasteiger partial charge in [0.1, 0.15) is 48.8 Å². The van der Waals surface area contributed by atoms with Crippen molar-refractivity contribution in [2.75, 3.05) is 146 Å². The highest BCUT2D eigenvalue weighted by Crippen LogP contribution is 2.46. The van der Waals surface area contributed by atoms with E-state index < -0.39 is 150 Å². The minimum absolute atomic E-state index is 0.0157. The molecule has 3 fully saturated rings. The van der Waals surface area contributed by atoms with Gasteiger partial charge in [-0.3, -0.25) is 4.79 Å². The van der Waals surface area contributed by atoms with Crippen molar-refractivity contribution in [3.63, 3.8) is 0 Å². The van der Waals surface area contributed by atoms with Crippen molar-refractivity contribution in [3.05, 3.63) is 0 Å². The average molecular weight is 1490 g/mol. The molecule has 3 aliphatic heterocycles. The Morgan fingerprint density at radius 2 is 0.707 bits per heavy atom. The Labute approximate surface area is 558 Å². The summed E-state index contributed by atoms with van der Waals surface area (Å²) >= 11 is 20.6. The fourth-order valence-corrected chi connectivity index (χ4v) is 13.3. The Balaban J connectivity index is 1.55. The Bertz CT molecular complexity index is 2200. The van der Waals surface area contributed by atoms with Crippen LogP contribution in [0.4, 0.5) is 0 Å². The number of nitrogens with one attached hydrogen (secondary N) is 1. The maximum Gasteiger partial charge on any atom is 0.324 e. The molecule has 0 aromatic heterocycles. The van der Waals surface area contributed by atoms with Gasteiger partial charge in [-0.05, 0) is 105 Å². The maximum atomic E-state index is 11.7. The molecule has 3 rings (SSSR count). The van der Waals surface area contributed by atoms with Gasteiger partial charge >= 0.3 is 26.9 Å². The van der Waals surface area contributed by atoms with Crippen LogP contribution in [0.5, 0.6) is 0 Å². The third-order valence-electron chi connectivity index (χ3n) is 14.3. The molecular weight excluding hydrogens is 1390 g/mol. The van der Waals surface area contributed by atoms with Crippen molar-refractivity contribution in [3.8, 4) is 0 Å². The van der Waals surface area contributed by atoms with Crippen LogP contribution in [0.2, 0.25) is 0 Å². The molecule has 0 radical (unpaired) electrons. The SMILES string of the molecule is COP(O)(=S)OCCCOCC(COCCCOP(O)(=S)OCCCCO[C@@H]1OC(CO)[C@H](O)[C@H](O)C1C)(COCCCOP(O)(=S)OCCCCO[C@@H]1OC(CO)[C@H](O)[C@H](O)C1NC(C)=O)COCCOP(O)(=S)OCCCCO[C@@H]1OC(CO)[C@H](O)[C@H](O)C1C. The van der Waals surface area contributed by atoms with Gasteiger partial charge in [-0.2, -0.15) is 0 Å². The number of aliphatic hydroxyl groups excluding tert-OH is 9. The van der Waals surface area contributed by atoms with Crippen LogP contribution in [0.15, 0.2) is 0 Å². The lowest BCUT2D eigenvalue weighted by atomic mass is 9.92. The standard InChI is InChI=1S/C51H101NO32P4S4/c1-35-42(57)44(59)38(28-53)82-48(35)72-17-5-8-20-76-86(64,90)79-24-12-15-69-32-51(31-68-14-11-23-75-85(63,89)67-4,34-71-26-27-81-88(66,92)78-22-9-6-18-73-49-36(2)43(58)45(60)39(29-54)83-49)33-70-16-13-25-80-87(65,91)77-21-10-7-19-74-50-41(52-37(3)56)47(62)46(61)40(30-55)84-50/h35-36,38-50,53-55,57-62H,5-34H2,1-4H3,(H,52,56)(H,63,89)(H,64,90)(H,65,91)(H,66,92)/t35?,36?,38?,39?,40?,41?,42-,43-,44+,45+,46+,47-,48-,49-,50-,51?,85?,86?,87?,88?/m1/s1. The second-order valence-corrected chi connectivity index (χ2v) is 33.4. The van der Waals surface area contributed by atoms with Crippen LogP contribution in [0.1, 0.15) is 78.6 Å². The van der Waals surface area contributed by atoms with E-state index in [1.807, 2.05) is 0 Å². The number of hydrogen-bond donors (Lipinski definition) is 14. The van der Waals surface area contributed by atoms with Crippen molar-refractivity contribution in [2.45, 2.75) is 158 Å². The first kappa shape index (κ1) is 87.0. The van der Waals surface area contributed by atoms with E-state index in [4.69, 9.17) is 131 Å². The van der Waals surface area contributed by atoms with Gasteiger partial charge in [-0.15, -0.1) is 0 Å². The second-order valence-electron chi connectivity index (χ2n) is 22.0. The fourth-order valence-electron chi connectivity index (χ4n) is 8.99. The maximum absolute atomic E-state index is 11.7. The summed E-state index contributed by atoms with van der Waals surface area (Å²) in [4.78, 5) is 54.0. The van der Waals surface area contributed by atoms with Gasteiger partial charge in [0.15, 0.2) is 18.9 Å². The Morgan fingerprint density at radius 1 is 0.413 bits per heavy atom. The summed E-state index contributed by atoms with van der Waals surface area (Å²) in [6.45, 7) is -11.4. The van der Waals surface area contributed by atoms with Gasteiger partial charge in [-0.25, -0.2) is 0 Å². The van der Waals surface area contributed by atoms with Gasteiger partial charge in [0.05, 0.1) is 117 Å². The number of carbonyl (C=O) groups is 1. The molecule has 0 saturated carbocycles. The first-order valence-electron chi connectivity index (χ1n) is 30.3. The summed E-state index contributed by atoms with van der Waals surface area (Å²) in [5.74, 6) is -1.61. The van der Waals surface area contributed by atoms with Crippen molar-refractivity contribution in [2.24, 2.45) is 17.3 Å². The number of amides is 1. The highest BCUT2D eigenvalue weighted by molar-refractivity contribution is 8.08. The van der Waals surface area contributed by atoms with E-state index in [0.29, 0.717) is 44.9 Å². The van der Waals surface area contributed by atoms with Crippen LogP contribution in [-0.2, 0) is 136 Å². The van der Waals surface area contributed by atoms with Crippen LogP contribution in [-0.4, -0.2) is 297 Å². The first-order valence-corrected chi connectivity index (χ1v) is 40.6. The van der Waals surface area contributed by atoms with Crippen LogP contribution in [0.25, 0.3) is 0 Å². The Hall–Kier alpha value is 0.830. The minimum atomic E-state index is -3.74. The molecule has 11 unspecified atom stereocenters. The molecule has 1 amide bonds. The lowest BCUT2D eigenvalue weighted by Crippen LogP contribution is -2.64. The number of rotatable bonds is 53. The van der Waals surface area contributed by atoms with Crippen LogP contribution >= 0.6 is 26.9 Å². The van der Waals surface area contributed by atoms with Gasteiger partial charge in [0.2, 0.25) is 5.91 Å². The number of hydrogen-bond acceptors (Lipinski definition) is 32. The van der Waals surface area contributed by atoms with E-state index >= 15 is 0 Å². The summed E-state index contributed by atoms with van der Waals surface area (Å²) in [7, 11) is 1.23. The number of ether oxygens (including phenoxy) is 10. The molecule has 0 aromatic carbocycles. The topological polar surface area (TPSA) is 458 Å². The van der Waals surface area contributed by atoms with E-state index in [0.717, 1.165) is 0 Å². The van der Waals surface area contributed by atoms with E-state index in [1.165, 1.54) is 14.0 Å². The molecule has 33 nitrogen and oxygen atoms in total. The average Bonchev–Trinajstić information content (AvgIpc) is 0.849. The summed E-state index contributed by atoms with van der Waals surface area (Å²) in [5, 5.41) is 92.6. The molecule has 0 bridgehead atoms. The van der Waals surface area contributed by atoms with Crippen LogP contribution in [0.3, 0.4) is 0 Å². The lowest BCUT2D eigenvalue weighted by molar-refractivity contribution is -0.282. The number of aliphatic hydroxyl groups is 9. The molecule has 546 valence electrons. The van der Waals surface area contributed by atoms with E-state index in [-0.39, 0.29) is 132 Å². The zero-order valence-corrected chi connectivity index (χ0v) is 59.2. The fraction of sp³-hybridized carbons (Fsp3) is 0.980. The van der Waals surface area contributed by atoms with Gasteiger partial charge < -0.3 is 154 Å². The summed E-state index contributed by atoms with van der Waals surface area (Å²) in [6, 6.07) is -1.10. The Kier molecular flexibility index (Phi) is 43.9. The van der Waals surface area contributed by atoms with E-state index in [9.17, 15) is 70.3 Å². The van der Waals surface area contributed by atoms with E-state index in [1.54, 1.807) is 13.8 Å². The third-order valence-corrected chi connectivity index (χ3v) is 20.9. The highest BCUT2D eigenvalue weighted by atomic mass is 32.5. The van der Waals surface area contributed by atoms with Crippen molar-refractivity contribution < 1.29 is 154 Å². The quantitative estimate of drug-likeness (QED) is 0.0265. The summed E-state index contributed by atoms with van der Waals surface area (Å²) in [6.07, 6.45) is -10.5. The monoisotopic (exact) mass is 1490 g/mol. The predicted octanol–water partition coefficient (Wildman–Crippen LogP) is -0.676. The smallest absolute Gasteiger partial charge is 0.324 e. The normalized spacial score (nSPS) is 30.4.